The Morgan fingerprint density at radius 2 is 2.14 bits per heavy atom. The molecule has 14 heavy (non-hydrogen) atoms. The summed E-state index contributed by atoms with van der Waals surface area (Å²) in [5.41, 5.74) is 0.924. The third-order valence-corrected chi connectivity index (χ3v) is 1.81. The van der Waals surface area contributed by atoms with Gasteiger partial charge in [0, 0.05) is 18.3 Å². The molecule has 1 rings (SSSR count). The van der Waals surface area contributed by atoms with Crippen LogP contribution >= 0.6 is 0 Å². The number of nitrogens with zero attached hydrogens (tertiary/aromatic N) is 2. The number of halogens is 1. The van der Waals surface area contributed by atoms with Gasteiger partial charge in [-0.05, 0) is 27.2 Å². The molecule has 0 amide bonds. The van der Waals surface area contributed by atoms with Crippen molar-refractivity contribution in [2.24, 2.45) is 0 Å². The van der Waals surface area contributed by atoms with E-state index in [1.807, 2.05) is 19.9 Å². The van der Waals surface area contributed by atoms with Crippen molar-refractivity contribution in [3.8, 4) is 0 Å². The summed E-state index contributed by atoms with van der Waals surface area (Å²) in [6.45, 7) is 5.92. The zero-order chi connectivity index (χ0) is 10.6. The number of alkyl halides is 1. The van der Waals surface area contributed by atoms with Gasteiger partial charge in [0.2, 0.25) is 0 Å². The SMILES string of the molecule is Cc1cc(NCCC(C)F)nc(C)n1. The van der Waals surface area contributed by atoms with E-state index in [1.165, 1.54) is 0 Å². The fourth-order valence-corrected chi connectivity index (χ4v) is 1.21. The Balaban J connectivity index is 2.50. The third-order valence-electron chi connectivity index (χ3n) is 1.81. The number of anilines is 1. The molecule has 1 heterocycles. The molecule has 1 aromatic rings. The van der Waals surface area contributed by atoms with Crippen LogP contribution in [0.3, 0.4) is 0 Å². The molecule has 1 aromatic heterocycles. The summed E-state index contributed by atoms with van der Waals surface area (Å²) in [4.78, 5) is 8.34. The molecule has 0 saturated carbocycles. The molecule has 0 aromatic carbocycles. The third kappa shape index (κ3) is 3.68. The van der Waals surface area contributed by atoms with Gasteiger partial charge in [0.1, 0.15) is 11.6 Å². The van der Waals surface area contributed by atoms with Gasteiger partial charge in [-0.3, -0.25) is 0 Å². The van der Waals surface area contributed by atoms with E-state index in [0.29, 0.717) is 13.0 Å². The van der Waals surface area contributed by atoms with Crippen LogP contribution in [0.25, 0.3) is 0 Å². The van der Waals surface area contributed by atoms with Crippen molar-refractivity contribution in [3.05, 3.63) is 17.6 Å². The highest BCUT2D eigenvalue weighted by Crippen LogP contribution is 2.06. The minimum absolute atomic E-state index is 0.502. The number of aromatic nitrogens is 2. The molecule has 0 saturated heterocycles. The van der Waals surface area contributed by atoms with Crippen LogP contribution in [0.1, 0.15) is 24.9 Å². The summed E-state index contributed by atoms with van der Waals surface area (Å²) in [5.74, 6) is 1.51. The average molecular weight is 197 g/mol. The number of rotatable bonds is 4. The first kappa shape index (κ1) is 10.9. The summed E-state index contributed by atoms with van der Waals surface area (Å²) < 4.78 is 12.5. The number of hydrogen-bond donors (Lipinski definition) is 1. The van der Waals surface area contributed by atoms with E-state index in [0.717, 1.165) is 17.3 Å². The highest BCUT2D eigenvalue weighted by atomic mass is 19.1. The Morgan fingerprint density at radius 3 is 2.71 bits per heavy atom. The van der Waals surface area contributed by atoms with Crippen LogP contribution in [0.4, 0.5) is 10.2 Å². The van der Waals surface area contributed by atoms with Crippen molar-refractivity contribution < 1.29 is 4.39 Å². The summed E-state index contributed by atoms with van der Waals surface area (Å²) in [5, 5.41) is 3.07. The Kier molecular flexibility index (Phi) is 3.80. The Labute approximate surface area is 83.8 Å². The molecule has 0 bridgehead atoms. The maximum Gasteiger partial charge on any atom is 0.129 e. The predicted octanol–water partition coefficient (Wildman–Crippen LogP) is 2.25. The smallest absolute Gasteiger partial charge is 0.129 e. The van der Waals surface area contributed by atoms with Crippen LogP contribution in [-0.4, -0.2) is 22.7 Å². The summed E-state index contributed by atoms with van der Waals surface area (Å²) in [6, 6.07) is 1.86. The second-order valence-corrected chi connectivity index (χ2v) is 3.44. The van der Waals surface area contributed by atoms with Crippen molar-refractivity contribution in [1.82, 2.24) is 9.97 Å². The Hall–Kier alpha value is -1.19. The quantitative estimate of drug-likeness (QED) is 0.804. The lowest BCUT2D eigenvalue weighted by Crippen LogP contribution is -2.09. The van der Waals surface area contributed by atoms with Crippen LogP contribution in [0.15, 0.2) is 6.07 Å². The van der Waals surface area contributed by atoms with Gasteiger partial charge in [0.05, 0.1) is 6.17 Å². The first-order valence-corrected chi connectivity index (χ1v) is 4.78. The fourth-order valence-electron chi connectivity index (χ4n) is 1.21. The van der Waals surface area contributed by atoms with E-state index < -0.39 is 6.17 Å². The molecule has 0 spiro atoms. The van der Waals surface area contributed by atoms with Gasteiger partial charge in [0.15, 0.2) is 0 Å². The molecule has 0 aliphatic carbocycles. The lowest BCUT2D eigenvalue weighted by atomic mass is 10.3. The molecule has 4 heteroatoms. The normalized spacial score (nSPS) is 12.6. The monoisotopic (exact) mass is 197 g/mol. The molecule has 0 radical (unpaired) electrons. The van der Waals surface area contributed by atoms with Gasteiger partial charge in [-0.25, -0.2) is 14.4 Å². The van der Waals surface area contributed by atoms with Gasteiger partial charge in [0.25, 0.3) is 0 Å². The topological polar surface area (TPSA) is 37.8 Å². The molecule has 1 atom stereocenters. The first-order chi connectivity index (χ1) is 6.58. The lowest BCUT2D eigenvalue weighted by Gasteiger charge is -2.07. The van der Waals surface area contributed by atoms with Gasteiger partial charge in [-0.15, -0.1) is 0 Å². The number of hydrogen-bond acceptors (Lipinski definition) is 3. The molecular formula is C10H16FN3. The molecule has 1 unspecified atom stereocenters. The molecule has 0 aliphatic rings. The summed E-state index contributed by atoms with van der Waals surface area (Å²) >= 11 is 0. The number of aryl methyl sites for hydroxylation is 2. The van der Waals surface area contributed by atoms with Crippen molar-refractivity contribution in [1.29, 1.82) is 0 Å². The van der Waals surface area contributed by atoms with E-state index in [-0.39, 0.29) is 0 Å². The van der Waals surface area contributed by atoms with Crippen molar-refractivity contribution in [3.63, 3.8) is 0 Å². The van der Waals surface area contributed by atoms with Gasteiger partial charge >= 0.3 is 0 Å². The summed E-state index contributed by atoms with van der Waals surface area (Å²) in [7, 11) is 0. The van der Waals surface area contributed by atoms with Crippen LogP contribution in [-0.2, 0) is 0 Å². The molecule has 78 valence electrons. The predicted molar refractivity (Wildman–Crippen MR) is 55.2 cm³/mol. The van der Waals surface area contributed by atoms with E-state index in [4.69, 9.17) is 0 Å². The molecule has 3 nitrogen and oxygen atoms in total. The van der Waals surface area contributed by atoms with Crippen LogP contribution in [0.2, 0.25) is 0 Å². The van der Waals surface area contributed by atoms with E-state index >= 15 is 0 Å². The maximum absolute atomic E-state index is 12.5. The number of nitrogens with one attached hydrogen (secondary N) is 1. The van der Waals surface area contributed by atoms with Crippen LogP contribution < -0.4 is 5.32 Å². The zero-order valence-electron chi connectivity index (χ0n) is 8.84. The second kappa shape index (κ2) is 4.88. The minimum atomic E-state index is -0.772. The molecular weight excluding hydrogens is 181 g/mol. The largest absolute Gasteiger partial charge is 0.370 e. The van der Waals surface area contributed by atoms with Crippen molar-refractivity contribution >= 4 is 5.82 Å². The second-order valence-electron chi connectivity index (χ2n) is 3.44. The zero-order valence-corrected chi connectivity index (χ0v) is 8.84. The van der Waals surface area contributed by atoms with Gasteiger partial charge in [-0.1, -0.05) is 0 Å². The Bertz CT molecular complexity index is 279. The maximum atomic E-state index is 12.5. The standard InChI is InChI=1S/C10H16FN3/c1-7(11)4-5-12-10-6-8(2)13-9(3)14-10/h6-7H,4-5H2,1-3H3,(H,12,13,14). The minimum Gasteiger partial charge on any atom is -0.370 e. The highest BCUT2D eigenvalue weighted by Gasteiger charge is 2.00. The van der Waals surface area contributed by atoms with Gasteiger partial charge < -0.3 is 5.32 Å². The van der Waals surface area contributed by atoms with Crippen LogP contribution in [0.5, 0.6) is 0 Å². The molecule has 0 fully saturated rings. The fraction of sp³-hybridized carbons (Fsp3) is 0.600. The van der Waals surface area contributed by atoms with E-state index in [9.17, 15) is 4.39 Å². The average Bonchev–Trinajstić information content (AvgIpc) is 2.01. The summed E-state index contributed by atoms with van der Waals surface area (Å²) in [6.07, 6.45) is -0.270. The van der Waals surface area contributed by atoms with E-state index in [1.54, 1.807) is 6.92 Å². The highest BCUT2D eigenvalue weighted by molar-refractivity contribution is 5.35. The molecule has 1 N–H and O–H groups in total. The molecule has 0 aliphatic heterocycles. The first-order valence-electron chi connectivity index (χ1n) is 4.78. The Morgan fingerprint density at radius 1 is 1.43 bits per heavy atom. The van der Waals surface area contributed by atoms with Gasteiger partial charge in [-0.2, -0.15) is 0 Å². The van der Waals surface area contributed by atoms with Crippen molar-refractivity contribution in [2.45, 2.75) is 33.4 Å². The van der Waals surface area contributed by atoms with Crippen molar-refractivity contribution in [2.75, 3.05) is 11.9 Å². The lowest BCUT2D eigenvalue weighted by molar-refractivity contribution is 0.348. The van der Waals surface area contributed by atoms with Crippen LogP contribution in [0, 0.1) is 13.8 Å². The van der Waals surface area contributed by atoms with E-state index in [2.05, 4.69) is 15.3 Å².